The monoisotopic (exact) mass is 470 g/mol. The van der Waals surface area contributed by atoms with Gasteiger partial charge in [-0.3, -0.25) is 9.69 Å². The fourth-order valence-corrected chi connectivity index (χ4v) is 5.15. The maximum absolute atomic E-state index is 12.9. The number of aromatic nitrogens is 2. The number of benzene rings is 1. The minimum absolute atomic E-state index is 0.211. The van der Waals surface area contributed by atoms with Gasteiger partial charge in [0.1, 0.15) is 5.82 Å². The van der Waals surface area contributed by atoms with Crippen molar-refractivity contribution < 1.29 is 22.4 Å². The fraction of sp³-hybridized carbons (Fsp3) is 0.400. The van der Waals surface area contributed by atoms with Crippen LogP contribution in [0, 0.1) is 12.8 Å². The number of alkyl halides is 3. The maximum Gasteiger partial charge on any atom is 0.416 e. The zero-order valence-electron chi connectivity index (χ0n) is 18.7. The van der Waals surface area contributed by atoms with Gasteiger partial charge in [-0.25, -0.2) is 9.97 Å². The standard InChI is InChI=1S/C25H25F3N4O2/c1-15-30-21(16-4-6-18(7-5-16)25(26,27)28)12-22(31-15)20-14-32-9-8-17(20)11-19(32)13-29-24(33)23-3-2-10-34-23/h2-7,10,12,17,19-20H,8-9,11,13-14H2,1H3,(H,29,33)/t17-,19+,20+/m0/s1. The number of piperidine rings is 3. The predicted molar refractivity (Wildman–Crippen MR) is 119 cm³/mol. The SMILES string of the molecule is Cc1nc(-c2ccc(C(F)(F)F)cc2)cc([C@@H]2CN3CC[C@H]2C[C@@H]3CNC(=O)c2ccco2)n1. The van der Waals surface area contributed by atoms with Crippen LogP contribution in [0.5, 0.6) is 0 Å². The number of halogens is 3. The van der Waals surface area contributed by atoms with E-state index in [0.29, 0.717) is 35.3 Å². The quantitative estimate of drug-likeness (QED) is 0.587. The Kier molecular flexibility index (Phi) is 5.89. The maximum atomic E-state index is 12.9. The molecule has 0 spiro atoms. The number of carbonyl (C=O) groups excluding carboxylic acids is 1. The van der Waals surface area contributed by atoms with Crippen molar-refractivity contribution in [2.24, 2.45) is 5.92 Å². The van der Waals surface area contributed by atoms with Gasteiger partial charge in [-0.15, -0.1) is 0 Å². The van der Waals surface area contributed by atoms with E-state index in [1.807, 2.05) is 13.0 Å². The Labute approximate surface area is 195 Å². The van der Waals surface area contributed by atoms with Crippen LogP contribution < -0.4 is 5.32 Å². The Morgan fingerprint density at radius 2 is 2.00 bits per heavy atom. The third kappa shape index (κ3) is 4.57. The molecule has 1 N–H and O–H groups in total. The minimum Gasteiger partial charge on any atom is -0.459 e. The Balaban J connectivity index is 1.30. The van der Waals surface area contributed by atoms with Gasteiger partial charge in [-0.2, -0.15) is 13.2 Å². The van der Waals surface area contributed by atoms with Crippen molar-refractivity contribution in [3.05, 3.63) is 71.6 Å². The average Bonchev–Trinajstić information content (AvgIpc) is 3.37. The van der Waals surface area contributed by atoms with E-state index < -0.39 is 11.7 Å². The van der Waals surface area contributed by atoms with Crippen molar-refractivity contribution in [2.45, 2.75) is 37.9 Å². The highest BCUT2D eigenvalue weighted by Gasteiger charge is 2.41. The second kappa shape index (κ2) is 8.87. The van der Waals surface area contributed by atoms with Crippen molar-refractivity contribution in [1.82, 2.24) is 20.2 Å². The summed E-state index contributed by atoms with van der Waals surface area (Å²) in [6, 6.07) is 10.6. The zero-order chi connectivity index (χ0) is 23.9. The largest absolute Gasteiger partial charge is 0.459 e. The first-order valence-electron chi connectivity index (χ1n) is 11.4. The van der Waals surface area contributed by atoms with Crippen molar-refractivity contribution in [2.75, 3.05) is 19.6 Å². The minimum atomic E-state index is -4.37. The fourth-order valence-electron chi connectivity index (χ4n) is 5.15. The molecular weight excluding hydrogens is 445 g/mol. The van der Waals surface area contributed by atoms with Crippen LogP contribution in [0.2, 0.25) is 0 Å². The topological polar surface area (TPSA) is 71.3 Å². The molecule has 5 heterocycles. The normalized spacial score (nSPS) is 24.2. The lowest BCUT2D eigenvalue weighted by atomic mass is 9.74. The van der Waals surface area contributed by atoms with E-state index in [1.54, 1.807) is 12.1 Å². The number of aryl methyl sites for hydroxylation is 1. The smallest absolute Gasteiger partial charge is 0.416 e. The Morgan fingerprint density at radius 3 is 2.65 bits per heavy atom. The van der Waals surface area contributed by atoms with Crippen molar-refractivity contribution in [1.29, 1.82) is 0 Å². The highest BCUT2D eigenvalue weighted by molar-refractivity contribution is 5.91. The Morgan fingerprint density at radius 1 is 1.21 bits per heavy atom. The third-order valence-corrected chi connectivity index (χ3v) is 6.87. The molecule has 2 aromatic heterocycles. The molecule has 6 nitrogen and oxygen atoms in total. The van der Waals surface area contributed by atoms with Crippen LogP contribution in [0.3, 0.4) is 0 Å². The van der Waals surface area contributed by atoms with Gasteiger partial charge in [0, 0.05) is 36.3 Å². The predicted octanol–water partition coefficient (Wildman–Crippen LogP) is 4.67. The van der Waals surface area contributed by atoms with E-state index in [4.69, 9.17) is 9.40 Å². The average molecular weight is 470 g/mol. The molecule has 4 atom stereocenters. The molecule has 0 radical (unpaired) electrons. The molecule has 6 rings (SSSR count). The first-order chi connectivity index (χ1) is 16.3. The Bertz CT molecular complexity index is 1160. The van der Waals surface area contributed by atoms with Crippen LogP contribution in [0.1, 0.15) is 46.4 Å². The van der Waals surface area contributed by atoms with Crippen LogP contribution in [0.25, 0.3) is 11.3 Å². The number of nitrogens with one attached hydrogen (secondary N) is 1. The van der Waals surface area contributed by atoms with Gasteiger partial charge in [0.2, 0.25) is 0 Å². The van der Waals surface area contributed by atoms with Crippen LogP contribution in [0.4, 0.5) is 13.2 Å². The number of nitrogens with zero attached hydrogens (tertiary/aromatic N) is 3. The number of amides is 1. The van der Waals surface area contributed by atoms with E-state index in [9.17, 15) is 18.0 Å². The molecule has 1 amide bonds. The van der Waals surface area contributed by atoms with Gasteiger partial charge in [0.15, 0.2) is 5.76 Å². The van der Waals surface area contributed by atoms with Crippen molar-refractivity contribution in [3.63, 3.8) is 0 Å². The summed E-state index contributed by atoms with van der Waals surface area (Å²) in [5, 5.41) is 2.97. The molecule has 1 aromatic carbocycles. The summed E-state index contributed by atoms with van der Waals surface area (Å²) in [4.78, 5) is 23.8. The zero-order valence-corrected chi connectivity index (χ0v) is 18.7. The van der Waals surface area contributed by atoms with Gasteiger partial charge in [0.05, 0.1) is 17.5 Å². The molecule has 3 aromatic rings. The number of fused-ring (bicyclic) bond motifs is 3. The lowest BCUT2D eigenvalue weighted by Crippen LogP contribution is -2.56. The van der Waals surface area contributed by atoms with Crippen LogP contribution in [0.15, 0.2) is 53.1 Å². The molecule has 0 aliphatic carbocycles. The molecular formula is C25H25F3N4O2. The van der Waals surface area contributed by atoms with Crippen LogP contribution in [-0.2, 0) is 6.18 Å². The molecule has 1 unspecified atom stereocenters. The summed E-state index contributed by atoms with van der Waals surface area (Å²) >= 11 is 0. The van der Waals surface area contributed by atoms with E-state index in [-0.39, 0.29) is 17.9 Å². The van der Waals surface area contributed by atoms with Gasteiger partial charge < -0.3 is 9.73 Å². The van der Waals surface area contributed by atoms with Gasteiger partial charge >= 0.3 is 6.18 Å². The summed E-state index contributed by atoms with van der Waals surface area (Å²) in [7, 11) is 0. The summed E-state index contributed by atoms with van der Waals surface area (Å²) in [6.45, 7) is 4.17. The molecule has 9 heteroatoms. The molecule has 3 aliphatic heterocycles. The van der Waals surface area contributed by atoms with Gasteiger partial charge in [-0.05, 0) is 62.6 Å². The lowest BCUT2D eigenvalue weighted by molar-refractivity contribution is -0.137. The van der Waals surface area contributed by atoms with Crippen LogP contribution in [-0.4, -0.2) is 46.5 Å². The summed E-state index contributed by atoms with van der Waals surface area (Å²) in [5.74, 6) is 1.34. The number of hydrogen-bond acceptors (Lipinski definition) is 5. The summed E-state index contributed by atoms with van der Waals surface area (Å²) < 4.78 is 43.9. The first kappa shape index (κ1) is 22.6. The third-order valence-electron chi connectivity index (χ3n) is 6.87. The molecule has 34 heavy (non-hydrogen) atoms. The van der Waals surface area contributed by atoms with E-state index in [2.05, 4.69) is 15.2 Å². The van der Waals surface area contributed by atoms with E-state index in [0.717, 1.165) is 43.8 Å². The van der Waals surface area contributed by atoms with E-state index >= 15 is 0 Å². The number of hydrogen-bond donors (Lipinski definition) is 1. The van der Waals surface area contributed by atoms with Crippen LogP contribution >= 0.6 is 0 Å². The summed E-state index contributed by atoms with van der Waals surface area (Å²) in [5.41, 5.74) is 1.52. The number of furan rings is 1. The summed E-state index contributed by atoms with van der Waals surface area (Å²) in [6.07, 6.45) is -0.892. The molecule has 178 valence electrons. The van der Waals surface area contributed by atoms with E-state index in [1.165, 1.54) is 18.4 Å². The molecule has 2 bridgehead atoms. The number of carbonyl (C=O) groups is 1. The highest BCUT2D eigenvalue weighted by Crippen LogP contribution is 2.42. The highest BCUT2D eigenvalue weighted by atomic mass is 19.4. The first-order valence-corrected chi connectivity index (χ1v) is 11.4. The second-order valence-corrected chi connectivity index (χ2v) is 9.03. The van der Waals surface area contributed by atoms with Crippen molar-refractivity contribution in [3.8, 4) is 11.3 Å². The molecule has 0 saturated carbocycles. The van der Waals surface area contributed by atoms with Crippen molar-refractivity contribution >= 4 is 5.91 Å². The van der Waals surface area contributed by atoms with Gasteiger partial charge in [-0.1, -0.05) is 12.1 Å². The van der Waals surface area contributed by atoms with Gasteiger partial charge in [0.25, 0.3) is 5.91 Å². The second-order valence-electron chi connectivity index (χ2n) is 9.03. The molecule has 3 aliphatic rings. The lowest BCUT2D eigenvalue weighted by Gasteiger charge is -2.49. The molecule has 3 fully saturated rings. The Hall–Kier alpha value is -3.20. The molecule has 3 saturated heterocycles. The number of rotatable bonds is 5.